The highest BCUT2D eigenvalue weighted by molar-refractivity contribution is 9.10. The van der Waals surface area contributed by atoms with Crippen LogP contribution in [0.5, 0.6) is 5.75 Å². The van der Waals surface area contributed by atoms with Crippen molar-refractivity contribution in [3.05, 3.63) is 28.2 Å². The smallest absolute Gasteiger partial charge is 0.255 e. The molecule has 0 spiro atoms. The second-order valence-electron chi connectivity index (χ2n) is 4.98. The van der Waals surface area contributed by atoms with Crippen LogP contribution in [0.2, 0.25) is 0 Å². The van der Waals surface area contributed by atoms with Gasteiger partial charge in [-0.1, -0.05) is 0 Å². The highest BCUT2D eigenvalue weighted by Gasteiger charge is 2.25. The van der Waals surface area contributed by atoms with Crippen LogP contribution in [0.3, 0.4) is 0 Å². The minimum Gasteiger partial charge on any atom is -0.497 e. The van der Waals surface area contributed by atoms with Gasteiger partial charge in [-0.25, -0.2) is 0 Å². The van der Waals surface area contributed by atoms with Crippen LogP contribution in [0.1, 0.15) is 17.3 Å². The predicted molar refractivity (Wildman–Crippen MR) is 83.2 cm³/mol. The van der Waals surface area contributed by atoms with Crippen molar-refractivity contribution in [1.29, 1.82) is 5.26 Å². The average Bonchev–Trinajstić information content (AvgIpc) is 2.54. The van der Waals surface area contributed by atoms with E-state index in [2.05, 4.69) is 26.9 Å². The average molecular weight is 352 g/mol. The first-order valence-corrected chi connectivity index (χ1v) is 7.62. The maximum absolute atomic E-state index is 12.6. The van der Waals surface area contributed by atoms with E-state index in [1.165, 1.54) is 0 Å². The molecule has 1 amide bonds. The predicted octanol–water partition coefficient (Wildman–Crippen LogP) is 2.13. The van der Waals surface area contributed by atoms with Crippen LogP contribution < -0.4 is 4.74 Å². The van der Waals surface area contributed by atoms with Gasteiger partial charge in [-0.15, -0.1) is 0 Å². The molecule has 1 aliphatic rings. The van der Waals surface area contributed by atoms with Crippen molar-refractivity contribution in [2.24, 2.45) is 0 Å². The minimum atomic E-state index is -0.106. The number of hydrogen-bond acceptors (Lipinski definition) is 4. The molecule has 0 aliphatic carbocycles. The van der Waals surface area contributed by atoms with E-state index in [-0.39, 0.29) is 11.9 Å². The van der Waals surface area contributed by atoms with Gasteiger partial charge in [0.1, 0.15) is 5.75 Å². The van der Waals surface area contributed by atoms with Crippen LogP contribution >= 0.6 is 15.9 Å². The largest absolute Gasteiger partial charge is 0.497 e. The third kappa shape index (κ3) is 3.55. The fourth-order valence-corrected chi connectivity index (χ4v) is 2.78. The molecule has 1 atom stereocenters. The maximum Gasteiger partial charge on any atom is 0.255 e. The topological polar surface area (TPSA) is 56.6 Å². The number of halogens is 1. The van der Waals surface area contributed by atoms with Crippen molar-refractivity contribution in [2.45, 2.75) is 13.0 Å². The first-order chi connectivity index (χ1) is 10.1. The summed E-state index contributed by atoms with van der Waals surface area (Å²) in [6.45, 7) is 4.60. The molecule has 1 fully saturated rings. The van der Waals surface area contributed by atoms with Gasteiger partial charge in [0.2, 0.25) is 0 Å². The summed E-state index contributed by atoms with van der Waals surface area (Å²) in [5, 5.41) is 8.94. The van der Waals surface area contributed by atoms with Gasteiger partial charge in [-0.05, 0) is 41.1 Å². The molecule has 0 aromatic heterocycles. The minimum absolute atomic E-state index is 0.00923. The molecule has 1 aromatic carbocycles. The standard InChI is InChI=1S/C15H18BrN3O2/c1-11(10-17)18-5-7-19(8-6-18)15(20)13-9-12(21-2)3-4-14(13)16/h3-4,9,11H,5-8H2,1-2H3. The van der Waals surface area contributed by atoms with Crippen LogP contribution in [-0.4, -0.2) is 55.0 Å². The van der Waals surface area contributed by atoms with E-state index in [0.717, 1.165) is 17.6 Å². The lowest BCUT2D eigenvalue weighted by Crippen LogP contribution is -2.51. The van der Waals surface area contributed by atoms with E-state index < -0.39 is 0 Å². The van der Waals surface area contributed by atoms with Crippen molar-refractivity contribution in [3.63, 3.8) is 0 Å². The summed E-state index contributed by atoms with van der Waals surface area (Å²) < 4.78 is 5.94. The molecule has 1 saturated heterocycles. The first kappa shape index (κ1) is 15.8. The van der Waals surface area contributed by atoms with E-state index in [0.29, 0.717) is 24.4 Å². The molecular weight excluding hydrogens is 334 g/mol. The van der Waals surface area contributed by atoms with Gasteiger partial charge in [0, 0.05) is 30.7 Å². The Hall–Kier alpha value is -1.58. The molecule has 2 rings (SSSR count). The van der Waals surface area contributed by atoms with Gasteiger partial charge in [-0.3, -0.25) is 9.69 Å². The summed E-state index contributed by atoms with van der Waals surface area (Å²) in [6, 6.07) is 7.51. The molecule has 6 heteroatoms. The zero-order valence-electron chi connectivity index (χ0n) is 12.2. The summed E-state index contributed by atoms with van der Waals surface area (Å²) >= 11 is 3.42. The Kier molecular flexibility index (Phi) is 5.21. The summed E-state index contributed by atoms with van der Waals surface area (Å²) in [5.74, 6) is 0.656. The molecule has 112 valence electrons. The molecule has 0 N–H and O–H groups in total. The van der Waals surface area contributed by atoms with Crippen LogP contribution in [0.4, 0.5) is 0 Å². The lowest BCUT2D eigenvalue weighted by Gasteiger charge is -2.36. The Balaban J connectivity index is 2.07. The van der Waals surface area contributed by atoms with Crippen molar-refractivity contribution in [2.75, 3.05) is 33.3 Å². The summed E-state index contributed by atoms with van der Waals surface area (Å²) in [7, 11) is 1.58. The number of piperazine rings is 1. The van der Waals surface area contributed by atoms with Crippen LogP contribution in [0, 0.1) is 11.3 Å². The lowest BCUT2D eigenvalue weighted by atomic mass is 10.1. The van der Waals surface area contributed by atoms with Crippen molar-refractivity contribution in [3.8, 4) is 11.8 Å². The number of ether oxygens (including phenoxy) is 1. The number of benzene rings is 1. The maximum atomic E-state index is 12.6. The quantitative estimate of drug-likeness (QED) is 0.836. The second kappa shape index (κ2) is 6.92. The molecular formula is C15H18BrN3O2. The summed E-state index contributed by atoms with van der Waals surface area (Å²) in [6.07, 6.45) is 0. The molecule has 1 aromatic rings. The van der Waals surface area contributed by atoms with E-state index in [4.69, 9.17) is 10.00 Å². The third-order valence-corrected chi connectivity index (χ3v) is 4.43. The van der Waals surface area contributed by atoms with E-state index in [9.17, 15) is 4.79 Å². The fraction of sp³-hybridized carbons (Fsp3) is 0.467. The number of carbonyl (C=O) groups excluding carboxylic acids is 1. The second-order valence-corrected chi connectivity index (χ2v) is 5.83. The Morgan fingerprint density at radius 3 is 2.62 bits per heavy atom. The zero-order chi connectivity index (χ0) is 15.4. The van der Waals surface area contributed by atoms with Gasteiger partial charge >= 0.3 is 0 Å². The van der Waals surface area contributed by atoms with E-state index in [1.807, 2.05) is 24.0 Å². The first-order valence-electron chi connectivity index (χ1n) is 6.83. The molecule has 0 saturated carbocycles. The van der Waals surface area contributed by atoms with Crippen molar-refractivity contribution in [1.82, 2.24) is 9.80 Å². The molecule has 1 unspecified atom stereocenters. The fourth-order valence-electron chi connectivity index (χ4n) is 2.36. The Labute approximate surface area is 133 Å². The van der Waals surface area contributed by atoms with Gasteiger partial charge in [0.15, 0.2) is 0 Å². The van der Waals surface area contributed by atoms with E-state index >= 15 is 0 Å². The van der Waals surface area contributed by atoms with Crippen LogP contribution in [0.25, 0.3) is 0 Å². The molecule has 0 radical (unpaired) electrons. The number of nitrogens with zero attached hydrogens (tertiary/aromatic N) is 3. The monoisotopic (exact) mass is 351 g/mol. The summed E-state index contributed by atoms with van der Waals surface area (Å²) in [5.41, 5.74) is 0.608. The number of methoxy groups -OCH3 is 1. The van der Waals surface area contributed by atoms with Gasteiger partial charge in [0.05, 0.1) is 24.8 Å². The highest BCUT2D eigenvalue weighted by Crippen LogP contribution is 2.24. The Morgan fingerprint density at radius 2 is 2.05 bits per heavy atom. The van der Waals surface area contributed by atoms with Crippen molar-refractivity contribution < 1.29 is 9.53 Å². The van der Waals surface area contributed by atoms with Gasteiger partial charge in [-0.2, -0.15) is 5.26 Å². The van der Waals surface area contributed by atoms with Crippen LogP contribution in [-0.2, 0) is 0 Å². The number of rotatable bonds is 3. The normalized spacial score (nSPS) is 17.1. The Morgan fingerprint density at radius 1 is 1.38 bits per heavy atom. The number of nitriles is 1. The van der Waals surface area contributed by atoms with Gasteiger partial charge < -0.3 is 9.64 Å². The Bertz CT molecular complexity index is 563. The molecule has 21 heavy (non-hydrogen) atoms. The SMILES string of the molecule is COc1ccc(Br)c(C(=O)N2CCN(C(C)C#N)CC2)c1. The summed E-state index contributed by atoms with van der Waals surface area (Å²) in [4.78, 5) is 16.5. The molecule has 0 bridgehead atoms. The molecule has 1 aliphatic heterocycles. The number of amides is 1. The van der Waals surface area contributed by atoms with Gasteiger partial charge in [0.25, 0.3) is 5.91 Å². The molecule has 5 nitrogen and oxygen atoms in total. The number of carbonyl (C=O) groups is 1. The molecule has 1 heterocycles. The number of hydrogen-bond donors (Lipinski definition) is 0. The zero-order valence-corrected chi connectivity index (χ0v) is 13.8. The van der Waals surface area contributed by atoms with Crippen molar-refractivity contribution >= 4 is 21.8 Å². The van der Waals surface area contributed by atoms with Crippen LogP contribution in [0.15, 0.2) is 22.7 Å². The third-order valence-electron chi connectivity index (χ3n) is 3.74. The lowest BCUT2D eigenvalue weighted by molar-refractivity contribution is 0.0614. The van der Waals surface area contributed by atoms with E-state index in [1.54, 1.807) is 13.2 Å². The highest BCUT2D eigenvalue weighted by atomic mass is 79.9.